The molecule has 1 fully saturated rings. The summed E-state index contributed by atoms with van der Waals surface area (Å²) in [6.45, 7) is 0. The van der Waals surface area contributed by atoms with E-state index >= 15 is 0 Å². The van der Waals surface area contributed by atoms with Crippen LogP contribution in [0.1, 0.15) is 17.9 Å². The molecule has 196 valence electrons. The first-order valence-corrected chi connectivity index (χ1v) is 13.5. The third-order valence-electron chi connectivity index (χ3n) is 6.33. The van der Waals surface area contributed by atoms with Crippen LogP contribution in [0.15, 0.2) is 71.1 Å². The maximum absolute atomic E-state index is 14.1. The second kappa shape index (κ2) is 9.40. The molecule has 13 heteroatoms. The van der Waals surface area contributed by atoms with E-state index in [1.807, 2.05) is 0 Å². The Bertz CT molecular complexity index is 1670. The number of hydrogen-bond donors (Lipinski definition) is 2. The molecule has 0 saturated heterocycles. The largest absolute Gasteiger partial charge is 0.329 e. The Balaban J connectivity index is 1.46. The van der Waals surface area contributed by atoms with Crippen molar-refractivity contribution >= 4 is 49.2 Å². The monoisotopic (exact) mass is 560 g/mol. The van der Waals surface area contributed by atoms with Gasteiger partial charge in [-0.1, -0.05) is 12.1 Å². The minimum absolute atomic E-state index is 0.0643. The number of carbonyl (C=O) groups excluding carboxylic acids is 2. The molecule has 8 nitrogen and oxygen atoms in total. The highest BCUT2D eigenvalue weighted by molar-refractivity contribution is 7.90. The van der Waals surface area contributed by atoms with Crippen molar-refractivity contribution in [1.82, 2.24) is 15.0 Å². The Labute approximate surface area is 219 Å². The molecule has 1 heterocycles. The highest BCUT2D eigenvalue weighted by Gasteiger charge is 2.63. The molecular weight excluding hydrogens is 541 g/mol. The van der Waals surface area contributed by atoms with Gasteiger partial charge in [0.15, 0.2) is 0 Å². The molecule has 0 aliphatic heterocycles. The topological polar surface area (TPSA) is 108 Å². The van der Waals surface area contributed by atoms with Gasteiger partial charge in [-0.05, 0) is 54.4 Å². The zero-order valence-electron chi connectivity index (χ0n) is 19.6. The summed E-state index contributed by atoms with van der Waals surface area (Å²) in [5, 5.41) is 2.38. The molecule has 5 rings (SSSR count). The number of nitrogens with one attached hydrogen (secondary N) is 2. The number of aromatic nitrogens is 1. The number of carbonyl (C=O) groups is 2. The lowest BCUT2D eigenvalue weighted by Crippen LogP contribution is -2.54. The normalized spacial score (nSPS) is 18.7. The first kappa shape index (κ1) is 25.7. The number of amides is 3. The second-order valence-electron chi connectivity index (χ2n) is 8.79. The first-order chi connectivity index (χ1) is 18.0. The third-order valence-corrected chi connectivity index (χ3v) is 8.50. The summed E-state index contributed by atoms with van der Waals surface area (Å²) in [6, 6.07) is 11.0. The van der Waals surface area contributed by atoms with E-state index < -0.39 is 55.8 Å². The lowest BCUT2D eigenvalue weighted by atomic mass is 10.0. The van der Waals surface area contributed by atoms with Crippen molar-refractivity contribution in [2.24, 2.45) is 0 Å². The molecule has 2 N–H and O–H groups in total. The Morgan fingerprint density at radius 3 is 2.47 bits per heavy atom. The minimum atomic E-state index is -4.64. The van der Waals surface area contributed by atoms with Crippen molar-refractivity contribution in [1.29, 1.82) is 0 Å². The summed E-state index contributed by atoms with van der Waals surface area (Å²) in [5.74, 6) is -4.34. The number of hydrogen-bond acceptors (Lipinski definition) is 6. The van der Waals surface area contributed by atoms with Crippen LogP contribution in [-0.4, -0.2) is 37.9 Å². The van der Waals surface area contributed by atoms with Crippen LogP contribution < -0.4 is 14.9 Å². The van der Waals surface area contributed by atoms with E-state index in [0.29, 0.717) is 17.3 Å². The van der Waals surface area contributed by atoms with Gasteiger partial charge in [-0.15, -0.1) is 11.3 Å². The fraction of sp³-hybridized carbons (Fsp3) is 0.160. The van der Waals surface area contributed by atoms with Gasteiger partial charge in [0.25, 0.3) is 15.9 Å². The minimum Gasteiger partial charge on any atom is -0.322 e. The molecule has 0 bridgehead atoms. The lowest BCUT2D eigenvalue weighted by molar-refractivity contribution is -0.121. The third kappa shape index (κ3) is 4.70. The summed E-state index contributed by atoms with van der Waals surface area (Å²) >= 11 is 1.41. The first-order valence-electron chi connectivity index (χ1n) is 11.2. The SMILES string of the molecule is CN(C(=O)C1(NC(=O)NS(=O)(=O)c2ccccc2F)CC1c1cc(F)cc(F)c1)c1ccc2scnc2c1. The van der Waals surface area contributed by atoms with E-state index in [2.05, 4.69) is 10.3 Å². The van der Waals surface area contributed by atoms with Crippen LogP contribution in [-0.2, 0) is 14.8 Å². The molecule has 1 aliphatic carbocycles. The number of likely N-dealkylation sites (N-methyl/N-ethyl adjacent to an activating group) is 1. The van der Waals surface area contributed by atoms with Gasteiger partial charge in [0.2, 0.25) is 0 Å². The molecule has 4 aromatic rings. The molecular formula is C25H19F3N4O4S2. The summed E-state index contributed by atoms with van der Waals surface area (Å²) in [6.07, 6.45) is -0.0643. The molecule has 1 aliphatic rings. The number of rotatable bonds is 6. The fourth-order valence-electron chi connectivity index (χ4n) is 4.41. The molecule has 3 amide bonds. The van der Waals surface area contributed by atoms with E-state index in [-0.39, 0.29) is 12.0 Å². The van der Waals surface area contributed by atoms with Crippen LogP contribution in [0.2, 0.25) is 0 Å². The number of halogens is 3. The van der Waals surface area contributed by atoms with Crippen molar-refractivity contribution in [3.63, 3.8) is 0 Å². The number of sulfonamides is 1. The average molecular weight is 561 g/mol. The van der Waals surface area contributed by atoms with E-state index in [1.165, 1.54) is 35.4 Å². The molecule has 1 aromatic heterocycles. The Kier molecular flexibility index (Phi) is 6.35. The predicted molar refractivity (Wildman–Crippen MR) is 135 cm³/mol. The van der Waals surface area contributed by atoms with Gasteiger partial charge < -0.3 is 10.2 Å². The van der Waals surface area contributed by atoms with Gasteiger partial charge >= 0.3 is 6.03 Å². The van der Waals surface area contributed by atoms with Crippen LogP contribution in [0.4, 0.5) is 23.7 Å². The maximum atomic E-state index is 14.1. The van der Waals surface area contributed by atoms with Gasteiger partial charge in [0.05, 0.1) is 15.7 Å². The van der Waals surface area contributed by atoms with E-state index in [9.17, 15) is 31.2 Å². The molecule has 0 radical (unpaired) electrons. The van der Waals surface area contributed by atoms with E-state index in [4.69, 9.17) is 0 Å². The van der Waals surface area contributed by atoms with Gasteiger partial charge in [-0.25, -0.2) is 36.1 Å². The fourth-order valence-corrected chi connectivity index (χ4v) is 6.06. The number of fused-ring (bicyclic) bond motifs is 1. The molecule has 2 unspecified atom stereocenters. The standard InChI is InChI=1S/C25H19F3N4O4S2/c1-32(17-6-7-21-20(11-17)29-13-37-21)23(33)25(12-18(25)14-8-15(26)10-16(27)9-14)30-24(34)31-38(35,36)22-5-3-2-4-19(22)28/h2-11,13,18H,12H2,1H3,(H2,30,31,34). The highest BCUT2D eigenvalue weighted by atomic mass is 32.2. The zero-order valence-corrected chi connectivity index (χ0v) is 21.2. The van der Waals surface area contributed by atoms with Gasteiger partial charge in [-0.2, -0.15) is 0 Å². The zero-order chi connectivity index (χ0) is 27.2. The molecule has 1 saturated carbocycles. The molecule has 2 atom stereocenters. The number of urea groups is 1. The highest BCUT2D eigenvalue weighted by Crippen LogP contribution is 2.53. The van der Waals surface area contributed by atoms with Crippen LogP contribution >= 0.6 is 11.3 Å². The number of thiazole rings is 1. The van der Waals surface area contributed by atoms with Gasteiger partial charge in [-0.3, -0.25) is 4.79 Å². The van der Waals surface area contributed by atoms with Crippen molar-refractivity contribution in [3.05, 3.63) is 89.2 Å². The number of anilines is 1. The van der Waals surface area contributed by atoms with Crippen molar-refractivity contribution in [3.8, 4) is 0 Å². The molecule has 0 spiro atoms. The van der Waals surface area contributed by atoms with Crippen molar-refractivity contribution in [2.45, 2.75) is 22.8 Å². The Morgan fingerprint density at radius 2 is 1.76 bits per heavy atom. The smallest absolute Gasteiger partial charge is 0.322 e. The second-order valence-corrected chi connectivity index (χ2v) is 11.3. The van der Waals surface area contributed by atoms with Crippen molar-refractivity contribution < 1.29 is 31.2 Å². The van der Waals surface area contributed by atoms with E-state index in [0.717, 1.165) is 29.0 Å². The maximum Gasteiger partial charge on any atom is 0.329 e. The molecule has 38 heavy (non-hydrogen) atoms. The van der Waals surface area contributed by atoms with Crippen LogP contribution in [0.25, 0.3) is 10.2 Å². The summed E-state index contributed by atoms with van der Waals surface area (Å²) in [5.41, 5.74) is 1.10. The molecule has 3 aromatic carbocycles. The predicted octanol–water partition coefficient (Wildman–Crippen LogP) is 4.29. The Hall–Kier alpha value is -3.97. The van der Waals surface area contributed by atoms with E-state index in [1.54, 1.807) is 28.4 Å². The lowest BCUT2D eigenvalue weighted by Gasteiger charge is -2.26. The van der Waals surface area contributed by atoms with Gasteiger partial charge in [0, 0.05) is 24.7 Å². The quantitative estimate of drug-likeness (QED) is 0.366. The van der Waals surface area contributed by atoms with Crippen molar-refractivity contribution in [2.75, 3.05) is 11.9 Å². The Morgan fingerprint density at radius 1 is 1.05 bits per heavy atom. The number of benzene rings is 3. The summed E-state index contributed by atoms with van der Waals surface area (Å²) < 4.78 is 69.8. The van der Waals surface area contributed by atoms with Crippen LogP contribution in [0, 0.1) is 17.5 Å². The van der Waals surface area contributed by atoms with Crippen LogP contribution in [0.5, 0.6) is 0 Å². The number of nitrogens with zero attached hydrogens (tertiary/aromatic N) is 2. The van der Waals surface area contributed by atoms with Crippen LogP contribution in [0.3, 0.4) is 0 Å². The summed E-state index contributed by atoms with van der Waals surface area (Å²) in [4.78, 5) is 31.3. The summed E-state index contributed by atoms with van der Waals surface area (Å²) in [7, 11) is -3.18. The average Bonchev–Trinajstić information content (AvgIpc) is 3.38. The van der Waals surface area contributed by atoms with Gasteiger partial charge in [0.1, 0.15) is 27.9 Å².